The number of nitrogens with zero attached hydrogens (tertiary/aromatic N) is 1. The van der Waals surface area contributed by atoms with E-state index >= 15 is 0 Å². The zero-order valence-corrected chi connectivity index (χ0v) is 10.5. The second-order valence-electron chi connectivity index (χ2n) is 4.66. The van der Waals surface area contributed by atoms with Gasteiger partial charge in [0.1, 0.15) is 0 Å². The van der Waals surface area contributed by atoms with Crippen LogP contribution >= 0.6 is 0 Å². The summed E-state index contributed by atoms with van der Waals surface area (Å²) in [5.41, 5.74) is 2.74. The van der Waals surface area contributed by atoms with Crippen molar-refractivity contribution in [3.8, 4) is 0 Å². The fraction of sp³-hybridized carbons (Fsp3) is 0.571. The van der Waals surface area contributed by atoms with Crippen molar-refractivity contribution in [1.82, 2.24) is 0 Å². The molecular weight excluding hydrogens is 182 g/mol. The van der Waals surface area contributed by atoms with Crippen LogP contribution in [0.5, 0.6) is 0 Å². The van der Waals surface area contributed by atoms with Crippen LogP contribution in [0.3, 0.4) is 0 Å². The van der Waals surface area contributed by atoms with Gasteiger partial charge in [0.25, 0.3) is 0 Å². The second-order valence-corrected chi connectivity index (χ2v) is 4.66. The Morgan fingerprint density at radius 2 is 1.73 bits per heavy atom. The maximum absolute atomic E-state index is 2.34. The fourth-order valence-electron chi connectivity index (χ4n) is 1.93. The highest BCUT2D eigenvalue weighted by Crippen LogP contribution is 2.17. The van der Waals surface area contributed by atoms with E-state index in [1.807, 2.05) is 0 Å². The molecule has 0 aliphatic rings. The third-order valence-electron chi connectivity index (χ3n) is 2.82. The molecule has 1 rings (SSSR count). The van der Waals surface area contributed by atoms with Gasteiger partial charge >= 0.3 is 0 Å². The molecule has 0 amide bonds. The van der Waals surface area contributed by atoms with Crippen LogP contribution in [0.1, 0.15) is 32.3 Å². The average Bonchev–Trinajstić information content (AvgIpc) is 2.18. The lowest BCUT2D eigenvalue weighted by Crippen LogP contribution is -2.08. The molecule has 0 aromatic heterocycles. The molecule has 0 aliphatic heterocycles. The van der Waals surface area contributed by atoms with E-state index in [1.54, 1.807) is 0 Å². The summed E-state index contributed by atoms with van der Waals surface area (Å²) in [6.07, 6.45) is 3.83. The quantitative estimate of drug-likeness (QED) is 0.708. The number of anilines is 1. The molecule has 0 aliphatic carbocycles. The van der Waals surface area contributed by atoms with E-state index in [2.05, 4.69) is 57.1 Å². The summed E-state index contributed by atoms with van der Waals surface area (Å²) in [6, 6.07) is 8.91. The molecule has 1 atom stereocenters. The summed E-state index contributed by atoms with van der Waals surface area (Å²) in [5, 5.41) is 0. The SMILES string of the molecule is CCCC(C)Cc1ccc(N(C)C)cc1. The van der Waals surface area contributed by atoms with E-state index in [9.17, 15) is 0 Å². The normalized spacial score (nSPS) is 12.5. The van der Waals surface area contributed by atoms with Crippen LogP contribution in [-0.4, -0.2) is 14.1 Å². The van der Waals surface area contributed by atoms with Crippen molar-refractivity contribution >= 4 is 5.69 Å². The molecule has 0 saturated heterocycles. The molecule has 15 heavy (non-hydrogen) atoms. The smallest absolute Gasteiger partial charge is 0.0361 e. The molecule has 1 aromatic rings. The zero-order chi connectivity index (χ0) is 11.3. The molecule has 0 bridgehead atoms. The molecule has 1 heteroatoms. The van der Waals surface area contributed by atoms with Gasteiger partial charge in [-0.15, -0.1) is 0 Å². The first kappa shape index (κ1) is 12.1. The van der Waals surface area contributed by atoms with E-state index in [0.29, 0.717) is 0 Å². The summed E-state index contributed by atoms with van der Waals surface area (Å²) < 4.78 is 0. The zero-order valence-electron chi connectivity index (χ0n) is 10.5. The predicted octanol–water partition coefficient (Wildman–Crippen LogP) is 3.73. The Kier molecular flexibility index (Phi) is 4.67. The van der Waals surface area contributed by atoms with Gasteiger partial charge in [0, 0.05) is 19.8 Å². The van der Waals surface area contributed by atoms with Crippen LogP contribution in [0.25, 0.3) is 0 Å². The van der Waals surface area contributed by atoms with Crippen molar-refractivity contribution in [3.05, 3.63) is 29.8 Å². The monoisotopic (exact) mass is 205 g/mol. The van der Waals surface area contributed by atoms with Gasteiger partial charge in [0.2, 0.25) is 0 Å². The highest BCUT2D eigenvalue weighted by Gasteiger charge is 2.02. The van der Waals surface area contributed by atoms with Gasteiger partial charge in [0.15, 0.2) is 0 Å². The first-order chi connectivity index (χ1) is 7.13. The van der Waals surface area contributed by atoms with Crippen molar-refractivity contribution in [2.24, 2.45) is 5.92 Å². The molecule has 0 fully saturated rings. The lowest BCUT2D eigenvalue weighted by Gasteiger charge is -2.14. The Morgan fingerprint density at radius 3 is 2.20 bits per heavy atom. The summed E-state index contributed by atoms with van der Waals surface area (Å²) in [5.74, 6) is 0.806. The van der Waals surface area contributed by atoms with Crippen LogP contribution in [0.15, 0.2) is 24.3 Å². The summed E-state index contributed by atoms with van der Waals surface area (Å²) in [6.45, 7) is 4.59. The van der Waals surface area contributed by atoms with E-state index in [0.717, 1.165) is 5.92 Å². The average molecular weight is 205 g/mol. The van der Waals surface area contributed by atoms with Crippen LogP contribution < -0.4 is 4.90 Å². The Hall–Kier alpha value is -0.980. The van der Waals surface area contributed by atoms with Gasteiger partial charge in [-0.2, -0.15) is 0 Å². The standard InChI is InChI=1S/C14H23N/c1-5-6-12(2)11-13-7-9-14(10-8-13)15(3)4/h7-10,12H,5-6,11H2,1-4H3. The van der Waals surface area contributed by atoms with E-state index in [-0.39, 0.29) is 0 Å². The first-order valence-electron chi connectivity index (χ1n) is 5.89. The van der Waals surface area contributed by atoms with Gasteiger partial charge in [0.05, 0.1) is 0 Å². The van der Waals surface area contributed by atoms with Crippen molar-refractivity contribution in [1.29, 1.82) is 0 Å². The van der Waals surface area contributed by atoms with Gasteiger partial charge in [-0.25, -0.2) is 0 Å². The number of hydrogen-bond donors (Lipinski definition) is 0. The van der Waals surface area contributed by atoms with Gasteiger partial charge in [-0.3, -0.25) is 0 Å². The van der Waals surface area contributed by atoms with Gasteiger partial charge in [-0.05, 0) is 30.0 Å². The molecule has 0 N–H and O–H groups in total. The van der Waals surface area contributed by atoms with E-state index in [4.69, 9.17) is 0 Å². The number of hydrogen-bond acceptors (Lipinski definition) is 1. The molecule has 1 aromatic carbocycles. The molecule has 0 saturated carbocycles. The van der Waals surface area contributed by atoms with Crippen LogP contribution in [0, 0.1) is 5.92 Å². The largest absolute Gasteiger partial charge is 0.378 e. The van der Waals surface area contributed by atoms with Crippen LogP contribution in [0.2, 0.25) is 0 Å². The third-order valence-corrected chi connectivity index (χ3v) is 2.82. The van der Waals surface area contributed by atoms with Crippen molar-refractivity contribution < 1.29 is 0 Å². The minimum atomic E-state index is 0.806. The molecule has 0 heterocycles. The fourth-order valence-corrected chi connectivity index (χ4v) is 1.93. The Balaban J connectivity index is 2.56. The maximum atomic E-state index is 2.34. The van der Waals surface area contributed by atoms with Crippen LogP contribution in [0.4, 0.5) is 5.69 Å². The maximum Gasteiger partial charge on any atom is 0.0361 e. The summed E-state index contributed by atoms with van der Waals surface area (Å²) in [7, 11) is 4.16. The van der Waals surface area contributed by atoms with Crippen molar-refractivity contribution in [3.63, 3.8) is 0 Å². The summed E-state index contributed by atoms with van der Waals surface area (Å²) in [4.78, 5) is 2.14. The molecular formula is C14H23N. The lowest BCUT2D eigenvalue weighted by atomic mass is 9.97. The Labute approximate surface area is 94.1 Å². The number of rotatable bonds is 5. The first-order valence-corrected chi connectivity index (χ1v) is 5.89. The minimum absolute atomic E-state index is 0.806. The molecule has 0 radical (unpaired) electrons. The third kappa shape index (κ3) is 3.94. The topological polar surface area (TPSA) is 3.24 Å². The Morgan fingerprint density at radius 1 is 1.13 bits per heavy atom. The van der Waals surface area contributed by atoms with Gasteiger partial charge < -0.3 is 4.90 Å². The van der Waals surface area contributed by atoms with Crippen molar-refractivity contribution in [2.45, 2.75) is 33.1 Å². The Bertz CT molecular complexity index is 274. The molecule has 84 valence electrons. The minimum Gasteiger partial charge on any atom is -0.378 e. The lowest BCUT2D eigenvalue weighted by molar-refractivity contribution is 0.522. The number of benzene rings is 1. The van der Waals surface area contributed by atoms with Gasteiger partial charge in [-0.1, -0.05) is 38.8 Å². The highest BCUT2D eigenvalue weighted by molar-refractivity contribution is 5.46. The molecule has 1 unspecified atom stereocenters. The van der Waals surface area contributed by atoms with E-state index in [1.165, 1.54) is 30.5 Å². The predicted molar refractivity (Wildman–Crippen MR) is 68.5 cm³/mol. The highest BCUT2D eigenvalue weighted by atomic mass is 15.1. The van der Waals surface area contributed by atoms with Crippen LogP contribution in [-0.2, 0) is 6.42 Å². The molecule has 1 nitrogen and oxygen atoms in total. The summed E-state index contributed by atoms with van der Waals surface area (Å²) >= 11 is 0. The molecule has 0 spiro atoms. The van der Waals surface area contributed by atoms with E-state index < -0.39 is 0 Å². The second kappa shape index (κ2) is 5.79. The van der Waals surface area contributed by atoms with Crippen molar-refractivity contribution in [2.75, 3.05) is 19.0 Å².